The van der Waals surface area contributed by atoms with Gasteiger partial charge in [-0.25, -0.2) is 0 Å². The number of carbonyl (C=O) groups is 5. The number of nitrogens with one attached hydrogen (secondary N) is 2. The van der Waals surface area contributed by atoms with Crippen LogP contribution < -0.4 is 10.6 Å². The molecular formula is C27H49N3O6S2. The monoisotopic (exact) mass is 575 g/mol. The number of nitrogens with zero attached hydrogens (tertiary/aromatic N) is 1. The lowest BCUT2D eigenvalue weighted by Gasteiger charge is -2.19. The minimum atomic E-state index is -0.593. The minimum Gasteiger partial charge on any atom is -0.465 e. The maximum atomic E-state index is 12.3. The van der Waals surface area contributed by atoms with Crippen molar-refractivity contribution in [3.8, 4) is 0 Å². The van der Waals surface area contributed by atoms with Crippen molar-refractivity contribution < 1.29 is 28.7 Å². The van der Waals surface area contributed by atoms with Gasteiger partial charge in [-0.1, -0.05) is 56.2 Å². The Bertz CT molecular complexity index is 748. The first kappa shape index (κ1) is 36.4. The predicted octanol–water partition coefficient (Wildman–Crippen LogP) is 3.79. The van der Waals surface area contributed by atoms with Crippen molar-refractivity contribution in [2.75, 3.05) is 32.5 Å². The number of ketones is 2. The first-order chi connectivity index (χ1) is 17.8. The molecule has 0 aliphatic heterocycles. The third-order valence-electron chi connectivity index (χ3n) is 5.61. The minimum absolute atomic E-state index is 0.0325. The van der Waals surface area contributed by atoms with Gasteiger partial charge in [0, 0.05) is 49.8 Å². The van der Waals surface area contributed by atoms with Crippen LogP contribution >= 0.6 is 21.6 Å². The van der Waals surface area contributed by atoms with Gasteiger partial charge < -0.3 is 20.3 Å². The van der Waals surface area contributed by atoms with Gasteiger partial charge >= 0.3 is 5.97 Å². The molecule has 0 aliphatic carbocycles. The molecule has 0 rings (SSSR count). The van der Waals surface area contributed by atoms with E-state index in [1.807, 2.05) is 13.8 Å². The second-order valence-electron chi connectivity index (χ2n) is 10.2. The molecule has 0 aromatic rings. The molecule has 9 nitrogen and oxygen atoms in total. The number of Topliss-reactive ketones (excluding diaryl/α,β-unsaturated/α-hetero) is 2. The van der Waals surface area contributed by atoms with Gasteiger partial charge in [0.15, 0.2) is 5.78 Å². The molecule has 2 amide bonds. The zero-order chi connectivity index (χ0) is 29.1. The highest BCUT2D eigenvalue weighted by molar-refractivity contribution is 8.76. The number of likely N-dealkylation sites (N-methyl/N-ethyl adjacent to an activating group) is 1. The molecule has 0 aromatic heterocycles. The smallest absolute Gasteiger partial charge is 0.308 e. The molecular weight excluding hydrogens is 526 g/mol. The van der Waals surface area contributed by atoms with Gasteiger partial charge in [0.1, 0.15) is 12.4 Å². The zero-order valence-corrected chi connectivity index (χ0v) is 25.9. The quantitative estimate of drug-likeness (QED) is 0.113. The van der Waals surface area contributed by atoms with E-state index in [1.54, 1.807) is 49.4 Å². The SMILES string of the molecule is CC(C)NCCCC(=O)[C@H](C)NC(=O)CN(C)C(=O)CCCC(=O)CCC(C)SSCCOC(=O)C(C)C. The summed E-state index contributed by atoms with van der Waals surface area (Å²) in [6, 6.07) is -0.227. The lowest BCUT2D eigenvalue weighted by atomic mass is 10.1. The highest BCUT2D eigenvalue weighted by atomic mass is 33.1. The predicted molar refractivity (Wildman–Crippen MR) is 156 cm³/mol. The summed E-state index contributed by atoms with van der Waals surface area (Å²) in [5.41, 5.74) is 0. The summed E-state index contributed by atoms with van der Waals surface area (Å²) in [7, 11) is 4.86. The third-order valence-corrected chi connectivity index (χ3v) is 8.54. The van der Waals surface area contributed by atoms with Crippen molar-refractivity contribution in [2.24, 2.45) is 5.92 Å². The second-order valence-corrected chi connectivity index (χ2v) is 13.1. The highest BCUT2D eigenvalue weighted by Crippen LogP contribution is 2.29. The molecule has 2 atom stereocenters. The molecule has 0 saturated heterocycles. The van der Waals surface area contributed by atoms with Gasteiger partial charge in [-0.05, 0) is 32.7 Å². The number of carbonyl (C=O) groups excluding carboxylic acids is 5. The van der Waals surface area contributed by atoms with E-state index in [1.165, 1.54) is 4.90 Å². The van der Waals surface area contributed by atoms with Crippen LogP contribution in [-0.4, -0.2) is 84.1 Å². The number of esters is 1. The Labute approximate surface area is 237 Å². The van der Waals surface area contributed by atoms with E-state index in [9.17, 15) is 24.0 Å². The summed E-state index contributed by atoms with van der Waals surface area (Å²) in [4.78, 5) is 61.7. The van der Waals surface area contributed by atoms with Crippen molar-refractivity contribution in [1.82, 2.24) is 15.5 Å². The zero-order valence-electron chi connectivity index (χ0n) is 24.3. The van der Waals surface area contributed by atoms with Crippen molar-refractivity contribution in [1.29, 1.82) is 0 Å². The first-order valence-corrected chi connectivity index (χ1v) is 16.0. The number of amides is 2. The average Bonchev–Trinajstić information content (AvgIpc) is 2.84. The van der Waals surface area contributed by atoms with E-state index >= 15 is 0 Å². The Balaban J connectivity index is 4.00. The summed E-state index contributed by atoms with van der Waals surface area (Å²) in [6.07, 6.45) is 3.28. The maximum absolute atomic E-state index is 12.3. The van der Waals surface area contributed by atoms with Crippen LogP contribution in [0.15, 0.2) is 0 Å². The molecule has 0 fully saturated rings. The topological polar surface area (TPSA) is 122 Å². The summed E-state index contributed by atoms with van der Waals surface area (Å²) in [5, 5.41) is 6.21. The molecule has 2 N–H and O–H groups in total. The summed E-state index contributed by atoms with van der Waals surface area (Å²) in [5.74, 6) is -0.0889. The molecule has 0 aromatic carbocycles. The van der Waals surface area contributed by atoms with Gasteiger partial charge in [-0.15, -0.1) is 0 Å². The Morgan fingerprint density at radius 3 is 2.21 bits per heavy atom. The van der Waals surface area contributed by atoms with Crippen LogP contribution in [0.25, 0.3) is 0 Å². The van der Waals surface area contributed by atoms with Crippen LogP contribution in [-0.2, 0) is 28.7 Å². The van der Waals surface area contributed by atoms with Crippen LogP contribution in [0, 0.1) is 5.92 Å². The van der Waals surface area contributed by atoms with Crippen molar-refractivity contribution in [2.45, 2.75) is 104 Å². The molecule has 0 saturated carbocycles. The van der Waals surface area contributed by atoms with Gasteiger partial charge in [0.25, 0.3) is 0 Å². The molecule has 11 heteroatoms. The van der Waals surface area contributed by atoms with Crippen LogP contribution in [0.3, 0.4) is 0 Å². The van der Waals surface area contributed by atoms with Crippen LogP contribution in [0.5, 0.6) is 0 Å². The Hall–Kier alpha value is -1.59. The van der Waals surface area contributed by atoms with E-state index in [0.29, 0.717) is 55.8 Å². The second kappa shape index (κ2) is 21.3. The average molecular weight is 576 g/mol. The number of hydrogen-bond acceptors (Lipinski definition) is 9. The molecule has 0 spiro atoms. The highest BCUT2D eigenvalue weighted by Gasteiger charge is 2.18. The Kier molecular flexibility index (Phi) is 20.4. The molecule has 0 radical (unpaired) electrons. The number of ether oxygens (including phenoxy) is 1. The largest absolute Gasteiger partial charge is 0.465 e. The number of rotatable bonds is 22. The Morgan fingerprint density at radius 2 is 1.58 bits per heavy atom. The van der Waals surface area contributed by atoms with Crippen LogP contribution in [0.1, 0.15) is 86.5 Å². The van der Waals surface area contributed by atoms with Crippen molar-refractivity contribution >= 4 is 50.9 Å². The van der Waals surface area contributed by atoms with E-state index in [4.69, 9.17) is 4.74 Å². The van der Waals surface area contributed by atoms with Crippen LogP contribution in [0.2, 0.25) is 0 Å². The first-order valence-electron chi connectivity index (χ1n) is 13.6. The maximum Gasteiger partial charge on any atom is 0.308 e. The lowest BCUT2D eigenvalue weighted by molar-refractivity contribution is -0.146. The van der Waals surface area contributed by atoms with Crippen molar-refractivity contribution in [3.05, 3.63) is 0 Å². The van der Waals surface area contributed by atoms with Gasteiger partial charge in [-0.3, -0.25) is 24.0 Å². The molecule has 220 valence electrons. The summed E-state index contributed by atoms with van der Waals surface area (Å²) < 4.78 is 5.14. The molecule has 1 unspecified atom stereocenters. The molecule has 0 heterocycles. The van der Waals surface area contributed by atoms with E-state index in [2.05, 4.69) is 17.6 Å². The molecule has 0 bridgehead atoms. The fraction of sp³-hybridized carbons (Fsp3) is 0.815. The van der Waals surface area contributed by atoms with Gasteiger partial charge in [-0.2, -0.15) is 0 Å². The summed E-state index contributed by atoms with van der Waals surface area (Å²) >= 11 is 0. The fourth-order valence-electron chi connectivity index (χ4n) is 3.21. The van der Waals surface area contributed by atoms with E-state index < -0.39 is 6.04 Å². The lowest BCUT2D eigenvalue weighted by Crippen LogP contribution is -2.44. The van der Waals surface area contributed by atoms with Gasteiger partial charge in [0.05, 0.1) is 18.5 Å². The van der Waals surface area contributed by atoms with E-state index in [-0.39, 0.29) is 48.2 Å². The standard InChI is InChI=1S/C27H49N3O6S2/c1-19(2)27(35)36-16-17-37-38-21(5)13-14-23(31)10-8-12-26(34)30(7)18-25(33)29-22(6)24(32)11-9-15-28-20(3)4/h19-22,28H,8-18H2,1-7H3,(H,29,33)/t21?,22-/m0/s1. The fourth-order valence-corrected chi connectivity index (χ4v) is 5.39. The van der Waals surface area contributed by atoms with Gasteiger partial charge in [0.2, 0.25) is 11.8 Å². The van der Waals surface area contributed by atoms with Crippen molar-refractivity contribution in [3.63, 3.8) is 0 Å². The van der Waals surface area contributed by atoms with E-state index in [0.717, 1.165) is 13.0 Å². The molecule has 0 aliphatic rings. The molecule has 38 heavy (non-hydrogen) atoms. The Morgan fingerprint density at radius 1 is 0.895 bits per heavy atom. The van der Waals surface area contributed by atoms with Crippen LogP contribution in [0.4, 0.5) is 0 Å². The third kappa shape index (κ3) is 19.5. The summed E-state index contributed by atoms with van der Waals surface area (Å²) in [6.45, 7) is 12.4. The number of hydrogen-bond donors (Lipinski definition) is 2. The normalized spacial score (nSPS) is 12.8.